The fraction of sp³-hybridized carbons (Fsp3) is 0.130. The topological polar surface area (TPSA) is 53.3 Å². The summed E-state index contributed by atoms with van der Waals surface area (Å²) >= 11 is 1.53. The molecule has 0 atom stereocenters. The highest BCUT2D eigenvalue weighted by Gasteiger charge is 2.13. The highest BCUT2D eigenvalue weighted by Crippen LogP contribution is 2.26. The number of rotatable bonds is 6. The first-order chi connectivity index (χ1) is 14.2. The van der Waals surface area contributed by atoms with Crippen molar-refractivity contribution in [1.29, 1.82) is 0 Å². The quantitative estimate of drug-likeness (QED) is 0.345. The van der Waals surface area contributed by atoms with Gasteiger partial charge in [-0.05, 0) is 54.1 Å². The van der Waals surface area contributed by atoms with Gasteiger partial charge in [-0.25, -0.2) is 4.98 Å². The molecule has 3 aromatic carbocycles. The summed E-state index contributed by atoms with van der Waals surface area (Å²) in [6.07, 6.45) is 0. The smallest absolute Gasteiger partial charge is 0.266 e. The average molecular weight is 404 g/mol. The minimum Gasteiger partial charge on any atom is -0.497 e. The number of methoxy groups -OCH3 is 2. The summed E-state index contributed by atoms with van der Waals surface area (Å²) < 4.78 is 12.1. The van der Waals surface area contributed by atoms with Crippen LogP contribution in [0, 0.1) is 0 Å². The molecule has 0 saturated carbocycles. The van der Waals surface area contributed by atoms with Crippen molar-refractivity contribution in [2.75, 3.05) is 14.2 Å². The molecule has 0 saturated heterocycles. The monoisotopic (exact) mass is 404 g/mol. The number of benzene rings is 3. The lowest BCUT2D eigenvalue weighted by Gasteiger charge is -2.14. The summed E-state index contributed by atoms with van der Waals surface area (Å²) in [6.45, 7) is 0. The van der Waals surface area contributed by atoms with Gasteiger partial charge in [-0.1, -0.05) is 36.0 Å². The summed E-state index contributed by atoms with van der Waals surface area (Å²) in [6, 6.07) is 22.7. The van der Waals surface area contributed by atoms with Gasteiger partial charge in [0.1, 0.15) is 11.5 Å². The molecule has 1 aromatic heterocycles. The minimum absolute atomic E-state index is 0.0852. The highest BCUT2D eigenvalue weighted by molar-refractivity contribution is 7.98. The number of hydrogen-bond donors (Lipinski definition) is 0. The predicted octanol–water partition coefficient (Wildman–Crippen LogP) is 4.70. The van der Waals surface area contributed by atoms with Crippen LogP contribution in [-0.4, -0.2) is 23.8 Å². The molecule has 5 nitrogen and oxygen atoms in total. The average Bonchev–Trinajstić information content (AvgIpc) is 2.78. The van der Waals surface area contributed by atoms with Crippen LogP contribution in [0.2, 0.25) is 0 Å². The zero-order valence-electron chi connectivity index (χ0n) is 16.2. The van der Waals surface area contributed by atoms with Gasteiger partial charge in [0.2, 0.25) is 0 Å². The Hall–Kier alpha value is -3.25. The molecule has 0 unspecified atom stereocenters. The number of para-hydroxylation sites is 1. The van der Waals surface area contributed by atoms with Crippen LogP contribution in [0.4, 0.5) is 0 Å². The Morgan fingerprint density at radius 3 is 2.14 bits per heavy atom. The molecule has 0 radical (unpaired) electrons. The van der Waals surface area contributed by atoms with Crippen molar-refractivity contribution < 1.29 is 9.47 Å². The van der Waals surface area contributed by atoms with Crippen LogP contribution in [0.5, 0.6) is 11.5 Å². The molecule has 6 heteroatoms. The third-order valence-corrected chi connectivity index (χ3v) is 5.61. The molecular weight excluding hydrogens is 384 g/mol. The highest BCUT2D eigenvalue weighted by atomic mass is 32.2. The summed E-state index contributed by atoms with van der Waals surface area (Å²) in [4.78, 5) is 18.0. The second-order valence-electron chi connectivity index (χ2n) is 6.39. The SMILES string of the molecule is COc1ccc(CSc2nc3ccccc3c(=O)n2-c2ccc(OC)cc2)cc1. The first kappa shape index (κ1) is 19.1. The Morgan fingerprint density at radius 1 is 0.862 bits per heavy atom. The van der Waals surface area contributed by atoms with Crippen molar-refractivity contribution in [3.8, 4) is 17.2 Å². The van der Waals surface area contributed by atoms with Crippen LogP contribution in [0.1, 0.15) is 5.56 Å². The second kappa shape index (κ2) is 8.41. The van der Waals surface area contributed by atoms with Crippen molar-refractivity contribution in [1.82, 2.24) is 9.55 Å². The lowest BCUT2D eigenvalue weighted by atomic mass is 10.2. The number of hydrogen-bond acceptors (Lipinski definition) is 5. The van der Waals surface area contributed by atoms with Gasteiger partial charge in [-0.2, -0.15) is 0 Å². The van der Waals surface area contributed by atoms with Gasteiger partial charge in [-0.15, -0.1) is 0 Å². The molecule has 0 bridgehead atoms. The van der Waals surface area contributed by atoms with Gasteiger partial charge in [-0.3, -0.25) is 9.36 Å². The van der Waals surface area contributed by atoms with E-state index in [0.717, 1.165) is 22.7 Å². The molecule has 146 valence electrons. The maximum absolute atomic E-state index is 13.3. The van der Waals surface area contributed by atoms with E-state index in [4.69, 9.17) is 14.5 Å². The van der Waals surface area contributed by atoms with E-state index in [-0.39, 0.29) is 5.56 Å². The molecule has 4 aromatic rings. The van der Waals surface area contributed by atoms with E-state index in [1.807, 2.05) is 72.8 Å². The molecule has 0 aliphatic rings. The van der Waals surface area contributed by atoms with E-state index in [0.29, 0.717) is 21.8 Å². The van der Waals surface area contributed by atoms with Gasteiger partial charge in [0.15, 0.2) is 5.16 Å². The predicted molar refractivity (Wildman–Crippen MR) is 116 cm³/mol. The first-order valence-corrected chi connectivity index (χ1v) is 10.1. The summed E-state index contributed by atoms with van der Waals surface area (Å²) in [5.41, 5.74) is 2.49. The summed E-state index contributed by atoms with van der Waals surface area (Å²) in [5.74, 6) is 2.24. The Morgan fingerprint density at radius 2 is 1.48 bits per heavy atom. The Labute approximate surface area is 172 Å². The lowest BCUT2D eigenvalue weighted by molar-refractivity contribution is 0.414. The molecule has 29 heavy (non-hydrogen) atoms. The van der Waals surface area contributed by atoms with Crippen LogP contribution in [0.25, 0.3) is 16.6 Å². The van der Waals surface area contributed by atoms with Gasteiger partial charge < -0.3 is 9.47 Å². The lowest BCUT2D eigenvalue weighted by Crippen LogP contribution is -2.21. The summed E-state index contributed by atoms with van der Waals surface area (Å²) in [7, 11) is 3.27. The molecule has 0 aliphatic carbocycles. The van der Waals surface area contributed by atoms with E-state index in [1.54, 1.807) is 18.8 Å². The largest absolute Gasteiger partial charge is 0.497 e. The van der Waals surface area contributed by atoms with E-state index < -0.39 is 0 Å². The van der Waals surface area contributed by atoms with Gasteiger partial charge in [0.05, 0.1) is 30.8 Å². The zero-order valence-corrected chi connectivity index (χ0v) is 17.0. The number of fused-ring (bicyclic) bond motifs is 1. The second-order valence-corrected chi connectivity index (χ2v) is 7.33. The molecule has 0 spiro atoms. The molecular formula is C23H20N2O3S. The maximum atomic E-state index is 13.3. The molecule has 0 N–H and O–H groups in total. The molecule has 0 amide bonds. The van der Waals surface area contributed by atoms with E-state index in [9.17, 15) is 4.79 Å². The number of thioether (sulfide) groups is 1. The van der Waals surface area contributed by atoms with E-state index in [2.05, 4.69) is 0 Å². The van der Waals surface area contributed by atoms with Gasteiger partial charge in [0.25, 0.3) is 5.56 Å². The van der Waals surface area contributed by atoms with Crippen molar-refractivity contribution in [2.45, 2.75) is 10.9 Å². The van der Waals surface area contributed by atoms with Crippen LogP contribution < -0.4 is 15.0 Å². The standard InChI is InChI=1S/C23H20N2O3S/c1-27-18-11-7-16(8-12-18)15-29-23-24-21-6-4-3-5-20(21)22(26)25(23)17-9-13-19(28-2)14-10-17/h3-14H,15H2,1-2H3. The number of nitrogens with zero attached hydrogens (tertiary/aromatic N) is 2. The van der Waals surface area contributed by atoms with Crippen LogP contribution in [0.3, 0.4) is 0 Å². The third kappa shape index (κ3) is 3.98. The third-order valence-electron chi connectivity index (χ3n) is 4.60. The van der Waals surface area contributed by atoms with Crippen molar-refractivity contribution in [3.05, 3.63) is 88.7 Å². The summed E-state index contributed by atoms with van der Waals surface area (Å²) in [5, 5.41) is 1.24. The molecule has 0 fully saturated rings. The van der Waals surface area contributed by atoms with Crippen LogP contribution >= 0.6 is 11.8 Å². The van der Waals surface area contributed by atoms with E-state index >= 15 is 0 Å². The molecule has 4 rings (SSSR count). The van der Waals surface area contributed by atoms with Gasteiger partial charge >= 0.3 is 0 Å². The van der Waals surface area contributed by atoms with Crippen molar-refractivity contribution in [3.63, 3.8) is 0 Å². The Balaban J connectivity index is 1.76. The fourth-order valence-corrected chi connectivity index (χ4v) is 4.01. The molecule has 0 aliphatic heterocycles. The van der Waals surface area contributed by atoms with Crippen molar-refractivity contribution >= 4 is 22.7 Å². The number of aromatic nitrogens is 2. The van der Waals surface area contributed by atoms with Gasteiger partial charge in [0, 0.05) is 5.75 Å². The number of ether oxygens (including phenoxy) is 2. The first-order valence-electron chi connectivity index (χ1n) is 9.11. The van der Waals surface area contributed by atoms with E-state index in [1.165, 1.54) is 11.8 Å². The molecule has 1 heterocycles. The maximum Gasteiger partial charge on any atom is 0.266 e. The Kier molecular flexibility index (Phi) is 5.53. The van der Waals surface area contributed by atoms with Crippen LogP contribution in [0.15, 0.2) is 82.7 Å². The Bertz CT molecular complexity index is 1190. The van der Waals surface area contributed by atoms with Crippen LogP contribution in [-0.2, 0) is 5.75 Å². The normalized spacial score (nSPS) is 10.8. The minimum atomic E-state index is -0.0852. The van der Waals surface area contributed by atoms with Crippen molar-refractivity contribution in [2.24, 2.45) is 0 Å². The fourth-order valence-electron chi connectivity index (χ4n) is 3.04. The zero-order chi connectivity index (χ0) is 20.2.